The first-order valence-corrected chi connectivity index (χ1v) is 10.4. The number of likely N-dealkylation sites (tertiary alicyclic amines) is 1. The first-order valence-electron chi connectivity index (χ1n) is 10.4. The van der Waals surface area contributed by atoms with Crippen LogP contribution in [0.5, 0.6) is 11.5 Å². The highest BCUT2D eigenvalue weighted by Gasteiger charge is 2.43. The van der Waals surface area contributed by atoms with Gasteiger partial charge in [-0.3, -0.25) is 9.59 Å². The van der Waals surface area contributed by atoms with E-state index in [4.69, 9.17) is 9.47 Å². The molecule has 158 valence electrons. The monoisotopic (exact) mass is 421 g/mol. The summed E-state index contributed by atoms with van der Waals surface area (Å²) >= 11 is 0. The molecule has 0 radical (unpaired) electrons. The zero-order valence-corrected chi connectivity index (χ0v) is 17.3. The predicted molar refractivity (Wildman–Crippen MR) is 111 cm³/mol. The molecule has 1 aromatic rings. The summed E-state index contributed by atoms with van der Waals surface area (Å²) in [6, 6.07) is 5.55. The van der Waals surface area contributed by atoms with E-state index < -0.39 is 5.92 Å². The zero-order chi connectivity index (χ0) is 19.1. The third kappa shape index (κ3) is 3.66. The normalized spacial score (nSPS) is 25.2. The molecule has 0 aliphatic carbocycles. The summed E-state index contributed by atoms with van der Waals surface area (Å²) in [7, 11) is 0. The summed E-state index contributed by atoms with van der Waals surface area (Å²) in [5, 5.41) is 3.45. The number of nitrogens with one attached hydrogen (secondary N) is 1. The van der Waals surface area contributed by atoms with Crippen LogP contribution in [-0.4, -0.2) is 62.7 Å². The summed E-state index contributed by atoms with van der Waals surface area (Å²) in [6.45, 7) is 5.31. The van der Waals surface area contributed by atoms with E-state index in [1.165, 1.54) is 6.42 Å². The second-order valence-corrected chi connectivity index (χ2v) is 8.41. The molecule has 8 heteroatoms. The van der Waals surface area contributed by atoms with Crippen LogP contribution in [0.4, 0.5) is 5.69 Å². The predicted octanol–water partition coefficient (Wildman–Crippen LogP) is 1.83. The molecule has 7 nitrogen and oxygen atoms in total. The molecule has 0 bridgehead atoms. The van der Waals surface area contributed by atoms with E-state index in [1.807, 2.05) is 23.1 Å². The standard InChI is InChI=1S/C21H27N3O4.ClH/c25-19(23-9-5-21(6-10-23)4-7-22-14-21)16-3-8-24(20(16)26)15-1-2-17-18(13-15)28-12-11-27-17;/h1-2,13,16,22H,3-12,14H2;1H. The number of benzene rings is 1. The average molecular weight is 422 g/mol. The van der Waals surface area contributed by atoms with Gasteiger partial charge in [-0.2, -0.15) is 0 Å². The molecule has 1 atom stereocenters. The van der Waals surface area contributed by atoms with Gasteiger partial charge in [-0.1, -0.05) is 0 Å². The summed E-state index contributed by atoms with van der Waals surface area (Å²) in [4.78, 5) is 29.7. The lowest BCUT2D eigenvalue weighted by Crippen LogP contribution is -2.47. The first kappa shape index (κ1) is 20.3. The molecule has 1 aromatic carbocycles. The lowest BCUT2D eigenvalue weighted by Gasteiger charge is -2.39. The van der Waals surface area contributed by atoms with Gasteiger partial charge in [0.1, 0.15) is 19.1 Å². The van der Waals surface area contributed by atoms with E-state index in [9.17, 15) is 9.59 Å². The van der Waals surface area contributed by atoms with Crippen molar-refractivity contribution in [1.29, 1.82) is 0 Å². The molecule has 1 N–H and O–H groups in total. The average Bonchev–Trinajstić information content (AvgIpc) is 3.34. The Morgan fingerprint density at radius 1 is 1.07 bits per heavy atom. The number of halogens is 1. The second-order valence-electron chi connectivity index (χ2n) is 8.41. The molecule has 1 spiro atoms. The van der Waals surface area contributed by atoms with Crippen molar-refractivity contribution in [3.05, 3.63) is 18.2 Å². The van der Waals surface area contributed by atoms with Crippen LogP contribution in [0.1, 0.15) is 25.7 Å². The Labute approximate surface area is 177 Å². The largest absolute Gasteiger partial charge is 0.486 e. The maximum Gasteiger partial charge on any atom is 0.239 e. The zero-order valence-electron chi connectivity index (χ0n) is 16.5. The number of ether oxygens (including phenoxy) is 2. The number of nitrogens with zero attached hydrogens (tertiary/aromatic N) is 2. The lowest BCUT2D eigenvalue weighted by molar-refractivity contribution is -0.141. The van der Waals surface area contributed by atoms with Crippen molar-refractivity contribution in [1.82, 2.24) is 10.2 Å². The van der Waals surface area contributed by atoms with Gasteiger partial charge in [-0.25, -0.2) is 0 Å². The Balaban J connectivity index is 0.00000205. The molecule has 1 unspecified atom stereocenters. The van der Waals surface area contributed by atoms with E-state index in [-0.39, 0.29) is 24.2 Å². The number of piperidine rings is 1. The third-order valence-electron chi connectivity index (χ3n) is 6.81. The number of fused-ring (bicyclic) bond motifs is 1. The van der Waals surface area contributed by atoms with Crippen molar-refractivity contribution in [2.75, 3.05) is 50.8 Å². The van der Waals surface area contributed by atoms with Crippen molar-refractivity contribution < 1.29 is 19.1 Å². The van der Waals surface area contributed by atoms with Crippen LogP contribution < -0.4 is 19.7 Å². The molecule has 5 rings (SSSR count). The van der Waals surface area contributed by atoms with Crippen molar-refractivity contribution in [2.45, 2.75) is 25.7 Å². The molecule has 0 aromatic heterocycles. The molecule has 3 saturated heterocycles. The summed E-state index contributed by atoms with van der Waals surface area (Å²) in [5.41, 5.74) is 1.15. The Bertz CT molecular complexity index is 786. The number of rotatable bonds is 2. The fraction of sp³-hybridized carbons (Fsp3) is 0.619. The minimum Gasteiger partial charge on any atom is -0.486 e. The first-order chi connectivity index (χ1) is 13.7. The van der Waals surface area contributed by atoms with Crippen molar-refractivity contribution >= 4 is 29.9 Å². The minimum atomic E-state index is -0.552. The van der Waals surface area contributed by atoms with Crippen molar-refractivity contribution in [3.8, 4) is 11.5 Å². The Morgan fingerprint density at radius 3 is 2.55 bits per heavy atom. The van der Waals surface area contributed by atoms with Crippen LogP contribution in [0.15, 0.2) is 18.2 Å². The number of amides is 2. The second kappa shape index (κ2) is 8.03. The fourth-order valence-corrected chi connectivity index (χ4v) is 5.01. The van der Waals surface area contributed by atoms with Gasteiger partial charge in [-0.15, -0.1) is 12.4 Å². The highest BCUT2D eigenvalue weighted by molar-refractivity contribution is 6.09. The lowest BCUT2D eigenvalue weighted by atomic mass is 9.77. The molecule has 4 heterocycles. The van der Waals surface area contributed by atoms with Gasteiger partial charge in [0.25, 0.3) is 0 Å². The molecule has 29 heavy (non-hydrogen) atoms. The molecular formula is C21H28ClN3O4. The van der Waals surface area contributed by atoms with E-state index in [1.54, 1.807) is 4.90 Å². The maximum absolute atomic E-state index is 13.0. The Hall–Kier alpha value is -1.99. The summed E-state index contributed by atoms with van der Waals surface area (Å²) in [5.74, 6) is 0.732. The number of anilines is 1. The number of carbonyl (C=O) groups excluding carboxylic acids is 2. The van der Waals surface area contributed by atoms with Gasteiger partial charge < -0.3 is 24.6 Å². The van der Waals surface area contributed by atoms with Gasteiger partial charge in [0.2, 0.25) is 11.8 Å². The number of hydrogen-bond acceptors (Lipinski definition) is 5. The summed E-state index contributed by atoms with van der Waals surface area (Å²) in [6.07, 6.45) is 3.86. The quantitative estimate of drug-likeness (QED) is 0.738. The van der Waals surface area contributed by atoms with E-state index in [0.29, 0.717) is 43.1 Å². The maximum atomic E-state index is 13.0. The number of hydrogen-bond donors (Lipinski definition) is 1. The smallest absolute Gasteiger partial charge is 0.239 e. The molecule has 3 fully saturated rings. The van der Waals surface area contributed by atoms with Crippen LogP contribution in [0.3, 0.4) is 0 Å². The van der Waals surface area contributed by atoms with Crippen LogP contribution >= 0.6 is 12.4 Å². The summed E-state index contributed by atoms with van der Waals surface area (Å²) < 4.78 is 11.2. The fourth-order valence-electron chi connectivity index (χ4n) is 5.01. The van der Waals surface area contributed by atoms with E-state index in [0.717, 1.165) is 44.7 Å². The van der Waals surface area contributed by atoms with Gasteiger partial charge >= 0.3 is 0 Å². The van der Waals surface area contributed by atoms with Crippen LogP contribution in [-0.2, 0) is 9.59 Å². The van der Waals surface area contributed by atoms with Crippen LogP contribution in [0.25, 0.3) is 0 Å². The molecule has 4 aliphatic heterocycles. The van der Waals surface area contributed by atoms with Gasteiger partial charge in [0, 0.05) is 37.9 Å². The topological polar surface area (TPSA) is 71.1 Å². The van der Waals surface area contributed by atoms with E-state index >= 15 is 0 Å². The van der Waals surface area contributed by atoms with Crippen LogP contribution in [0, 0.1) is 11.3 Å². The third-order valence-corrected chi connectivity index (χ3v) is 6.81. The highest BCUT2D eigenvalue weighted by atomic mass is 35.5. The minimum absolute atomic E-state index is 0. The van der Waals surface area contributed by atoms with Gasteiger partial charge in [0.15, 0.2) is 11.5 Å². The van der Waals surface area contributed by atoms with Gasteiger partial charge in [0.05, 0.1) is 0 Å². The Morgan fingerprint density at radius 2 is 1.83 bits per heavy atom. The van der Waals surface area contributed by atoms with E-state index in [2.05, 4.69) is 5.32 Å². The molecule has 4 aliphatic rings. The van der Waals surface area contributed by atoms with Gasteiger partial charge in [-0.05, 0) is 49.8 Å². The van der Waals surface area contributed by atoms with Crippen LogP contribution in [0.2, 0.25) is 0 Å². The van der Waals surface area contributed by atoms with Crippen molar-refractivity contribution in [2.24, 2.45) is 11.3 Å². The Kier molecular flexibility index (Phi) is 5.62. The molecular weight excluding hydrogens is 394 g/mol. The molecule has 0 saturated carbocycles. The highest BCUT2D eigenvalue weighted by Crippen LogP contribution is 2.39. The number of carbonyl (C=O) groups is 2. The van der Waals surface area contributed by atoms with Crippen molar-refractivity contribution in [3.63, 3.8) is 0 Å². The SMILES string of the molecule is Cl.O=C(C1CCN(c2ccc3c(c2)OCCO3)C1=O)N1CCC2(CCNC2)CC1. The molecule has 2 amide bonds.